The number of para-hydroxylation sites is 2. The van der Waals surface area contributed by atoms with Crippen molar-refractivity contribution >= 4 is 22.8 Å². The lowest BCUT2D eigenvalue weighted by molar-refractivity contribution is 0.0690. The second kappa shape index (κ2) is 3.35. The van der Waals surface area contributed by atoms with Crippen molar-refractivity contribution in [3.05, 3.63) is 36.2 Å². The van der Waals surface area contributed by atoms with Gasteiger partial charge in [0.1, 0.15) is 0 Å². The molecule has 0 aliphatic heterocycles. The van der Waals surface area contributed by atoms with E-state index in [9.17, 15) is 4.79 Å². The van der Waals surface area contributed by atoms with Crippen molar-refractivity contribution in [2.75, 3.05) is 0 Å². The van der Waals surface area contributed by atoms with E-state index in [2.05, 4.69) is 4.98 Å². The first kappa shape index (κ1) is 9.89. The van der Waals surface area contributed by atoms with E-state index < -0.39 is 5.97 Å². The zero-order chi connectivity index (χ0) is 12.0. The van der Waals surface area contributed by atoms with Crippen molar-refractivity contribution in [2.24, 2.45) is 0 Å². The van der Waals surface area contributed by atoms with Crippen LogP contribution in [0.2, 0.25) is 0 Å². The lowest BCUT2D eigenvalue weighted by atomic mass is 10.3. The molecule has 3 rings (SSSR count). The Kier molecular flexibility index (Phi) is 1.95. The summed E-state index contributed by atoms with van der Waals surface area (Å²) in [7, 11) is 0. The minimum absolute atomic E-state index is 0.198. The Hall–Kier alpha value is -2.30. The number of hydrogen-bond acceptors (Lipinski definition) is 2. The van der Waals surface area contributed by atoms with Crippen molar-refractivity contribution in [3.63, 3.8) is 0 Å². The zero-order valence-corrected chi connectivity index (χ0v) is 9.29. The number of carboxylic acid groups (broad SMARTS) is 1. The van der Waals surface area contributed by atoms with Gasteiger partial charge >= 0.3 is 5.97 Å². The van der Waals surface area contributed by atoms with Crippen LogP contribution in [0.25, 0.3) is 16.8 Å². The van der Waals surface area contributed by atoms with E-state index in [1.807, 2.05) is 35.8 Å². The van der Waals surface area contributed by atoms with Crippen LogP contribution in [0, 0.1) is 0 Å². The first-order valence-corrected chi connectivity index (χ1v) is 5.42. The van der Waals surface area contributed by atoms with Gasteiger partial charge in [-0.05, 0) is 19.1 Å². The molecule has 0 saturated heterocycles. The van der Waals surface area contributed by atoms with E-state index in [-0.39, 0.29) is 5.69 Å². The topological polar surface area (TPSA) is 59.5 Å². The van der Waals surface area contributed by atoms with E-state index in [1.165, 1.54) is 6.20 Å². The van der Waals surface area contributed by atoms with Gasteiger partial charge in [0.05, 0.1) is 17.2 Å². The number of benzene rings is 1. The fourth-order valence-corrected chi connectivity index (χ4v) is 2.22. The summed E-state index contributed by atoms with van der Waals surface area (Å²) in [5.41, 5.74) is 2.07. The Morgan fingerprint density at radius 3 is 2.71 bits per heavy atom. The van der Waals surface area contributed by atoms with Gasteiger partial charge in [-0.25, -0.2) is 9.78 Å². The smallest absolute Gasteiger partial charge is 0.354 e. The number of imidazole rings is 2. The molecule has 0 spiro atoms. The van der Waals surface area contributed by atoms with E-state index in [4.69, 9.17) is 5.11 Å². The Labute approximate surface area is 96.9 Å². The van der Waals surface area contributed by atoms with Crippen LogP contribution in [0.5, 0.6) is 0 Å². The van der Waals surface area contributed by atoms with Crippen molar-refractivity contribution in [1.29, 1.82) is 0 Å². The quantitative estimate of drug-likeness (QED) is 0.731. The molecule has 0 aliphatic carbocycles. The maximum absolute atomic E-state index is 11.1. The fraction of sp³-hybridized carbons (Fsp3) is 0.167. The highest BCUT2D eigenvalue weighted by Crippen LogP contribution is 2.21. The molecule has 0 saturated carbocycles. The fourth-order valence-electron chi connectivity index (χ4n) is 2.22. The Morgan fingerprint density at radius 1 is 1.35 bits per heavy atom. The highest BCUT2D eigenvalue weighted by Gasteiger charge is 2.17. The van der Waals surface area contributed by atoms with Gasteiger partial charge in [-0.3, -0.25) is 4.40 Å². The number of aromatic nitrogens is 3. The molecule has 1 aromatic carbocycles. The van der Waals surface area contributed by atoms with Crippen molar-refractivity contribution in [2.45, 2.75) is 13.5 Å². The van der Waals surface area contributed by atoms with Crippen LogP contribution in [0.4, 0.5) is 0 Å². The molecular formula is C12H11N3O2. The minimum atomic E-state index is -0.962. The second-order valence-corrected chi connectivity index (χ2v) is 3.82. The van der Waals surface area contributed by atoms with Crippen molar-refractivity contribution < 1.29 is 9.90 Å². The molecule has 2 heterocycles. The number of carbonyl (C=O) groups is 1. The van der Waals surface area contributed by atoms with Gasteiger partial charge in [0.2, 0.25) is 5.78 Å². The SMILES string of the molecule is CCn1c2ccccc2n2c(C(=O)O)cnc12. The number of carboxylic acids is 1. The van der Waals surface area contributed by atoms with Gasteiger partial charge in [-0.2, -0.15) is 0 Å². The maximum Gasteiger partial charge on any atom is 0.354 e. The third kappa shape index (κ3) is 1.19. The maximum atomic E-state index is 11.1. The number of fused-ring (bicyclic) bond motifs is 3. The van der Waals surface area contributed by atoms with Crippen LogP contribution in [-0.4, -0.2) is 25.0 Å². The summed E-state index contributed by atoms with van der Waals surface area (Å²) in [5, 5.41) is 9.14. The van der Waals surface area contributed by atoms with Gasteiger partial charge in [-0.1, -0.05) is 12.1 Å². The summed E-state index contributed by atoms with van der Waals surface area (Å²) in [6.45, 7) is 2.77. The predicted molar refractivity (Wildman–Crippen MR) is 63.3 cm³/mol. The molecule has 0 aliphatic rings. The number of aryl methyl sites for hydroxylation is 1. The summed E-state index contributed by atoms with van der Waals surface area (Å²) in [5.74, 6) is -0.289. The van der Waals surface area contributed by atoms with Crippen LogP contribution < -0.4 is 0 Å². The molecule has 0 fully saturated rings. The lowest BCUT2D eigenvalue weighted by Gasteiger charge is -1.97. The van der Waals surface area contributed by atoms with Gasteiger partial charge in [0, 0.05) is 6.54 Å². The molecule has 1 N–H and O–H groups in total. The first-order valence-electron chi connectivity index (χ1n) is 5.42. The third-order valence-electron chi connectivity index (χ3n) is 2.93. The lowest BCUT2D eigenvalue weighted by Crippen LogP contribution is -2.00. The summed E-state index contributed by atoms with van der Waals surface area (Å²) in [6.07, 6.45) is 1.40. The zero-order valence-electron chi connectivity index (χ0n) is 9.29. The molecule has 0 atom stereocenters. The Bertz CT molecular complexity index is 724. The van der Waals surface area contributed by atoms with Crippen LogP contribution in [0.15, 0.2) is 30.5 Å². The number of nitrogens with zero attached hydrogens (tertiary/aromatic N) is 3. The Balaban J connectivity index is 2.56. The number of aromatic carboxylic acids is 1. The molecule has 0 bridgehead atoms. The van der Waals surface area contributed by atoms with Crippen LogP contribution in [-0.2, 0) is 6.54 Å². The van der Waals surface area contributed by atoms with E-state index in [0.717, 1.165) is 17.6 Å². The van der Waals surface area contributed by atoms with Crippen LogP contribution in [0.1, 0.15) is 17.4 Å². The summed E-state index contributed by atoms with van der Waals surface area (Å²) < 4.78 is 3.68. The molecule has 0 unspecified atom stereocenters. The molecular weight excluding hydrogens is 218 g/mol. The second-order valence-electron chi connectivity index (χ2n) is 3.82. The molecule has 2 aromatic heterocycles. The highest BCUT2D eigenvalue weighted by molar-refractivity contribution is 5.91. The molecule has 5 heteroatoms. The average Bonchev–Trinajstić information content (AvgIpc) is 2.86. The van der Waals surface area contributed by atoms with E-state index >= 15 is 0 Å². The number of hydrogen-bond donors (Lipinski definition) is 1. The molecule has 3 aromatic rings. The third-order valence-corrected chi connectivity index (χ3v) is 2.93. The van der Waals surface area contributed by atoms with Gasteiger partial charge < -0.3 is 9.67 Å². The van der Waals surface area contributed by atoms with Gasteiger partial charge in [-0.15, -0.1) is 0 Å². The first-order chi connectivity index (χ1) is 8.24. The summed E-state index contributed by atoms with van der Waals surface area (Å²) in [6, 6.07) is 7.71. The molecule has 0 amide bonds. The predicted octanol–water partition coefficient (Wildman–Crippen LogP) is 2.01. The molecule has 17 heavy (non-hydrogen) atoms. The van der Waals surface area contributed by atoms with Crippen molar-refractivity contribution in [3.8, 4) is 0 Å². The van der Waals surface area contributed by atoms with Crippen LogP contribution >= 0.6 is 0 Å². The van der Waals surface area contributed by atoms with Crippen molar-refractivity contribution in [1.82, 2.24) is 14.0 Å². The molecule has 86 valence electrons. The molecule has 5 nitrogen and oxygen atoms in total. The average molecular weight is 229 g/mol. The summed E-state index contributed by atoms with van der Waals surface area (Å²) >= 11 is 0. The van der Waals surface area contributed by atoms with Crippen LogP contribution in [0.3, 0.4) is 0 Å². The van der Waals surface area contributed by atoms with E-state index in [1.54, 1.807) is 4.40 Å². The normalized spacial score (nSPS) is 11.4. The highest BCUT2D eigenvalue weighted by atomic mass is 16.4. The standard InChI is InChI=1S/C12H11N3O2/c1-2-14-8-5-3-4-6-9(8)15-10(11(16)17)7-13-12(14)15/h3-7H,2H2,1H3,(H,16,17). The van der Waals surface area contributed by atoms with Gasteiger partial charge in [0.15, 0.2) is 5.69 Å². The molecule has 0 radical (unpaired) electrons. The Morgan fingerprint density at radius 2 is 2.06 bits per heavy atom. The number of rotatable bonds is 2. The minimum Gasteiger partial charge on any atom is -0.477 e. The van der Waals surface area contributed by atoms with E-state index in [0.29, 0.717) is 5.78 Å². The monoisotopic (exact) mass is 229 g/mol. The van der Waals surface area contributed by atoms with Gasteiger partial charge in [0.25, 0.3) is 0 Å². The largest absolute Gasteiger partial charge is 0.477 e. The summed E-state index contributed by atoms with van der Waals surface area (Å²) in [4.78, 5) is 15.3.